The first-order valence-corrected chi connectivity index (χ1v) is 7.75. The second-order valence-electron chi connectivity index (χ2n) is 6.58. The van der Waals surface area contributed by atoms with E-state index in [4.69, 9.17) is 19.9 Å². The molecule has 23 heavy (non-hydrogen) atoms. The van der Waals surface area contributed by atoms with Crippen molar-refractivity contribution in [1.29, 1.82) is 0 Å². The van der Waals surface area contributed by atoms with Gasteiger partial charge in [-0.1, -0.05) is 0 Å². The van der Waals surface area contributed by atoms with Crippen LogP contribution >= 0.6 is 0 Å². The lowest BCUT2D eigenvalue weighted by molar-refractivity contribution is 0.0147. The van der Waals surface area contributed by atoms with E-state index in [9.17, 15) is 4.79 Å². The van der Waals surface area contributed by atoms with Crippen molar-refractivity contribution in [3.05, 3.63) is 23.3 Å². The smallest absolute Gasteiger partial charge is 0.410 e. The van der Waals surface area contributed by atoms with E-state index in [0.717, 1.165) is 16.9 Å². The maximum Gasteiger partial charge on any atom is 0.410 e. The van der Waals surface area contributed by atoms with Crippen molar-refractivity contribution in [3.8, 4) is 11.5 Å². The Kier molecular flexibility index (Phi) is 5.04. The fourth-order valence-corrected chi connectivity index (χ4v) is 2.86. The summed E-state index contributed by atoms with van der Waals surface area (Å²) >= 11 is 0. The average molecular weight is 322 g/mol. The number of ether oxygens (including phenoxy) is 3. The number of carbonyl (C=O) groups excluding carboxylic acids is 1. The largest absolute Gasteiger partial charge is 0.497 e. The van der Waals surface area contributed by atoms with E-state index in [1.165, 1.54) is 0 Å². The van der Waals surface area contributed by atoms with Crippen LogP contribution in [-0.2, 0) is 11.2 Å². The summed E-state index contributed by atoms with van der Waals surface area (Å²) < 4.78 is 16.3. The van der Waals surface area contributed by atoms with Gasteiger partial charge in [-0.05, 0) is 38.8 Å². The quantitative estimate of drug-likeness (QED) is 0.925. The van der Waals surface area contributed by atoms with E-state index in [0.29, 0.717) is 25.3 Å². The minimum absolute atomic E-state index is 0.269. The zero-order valence-electron chi connectivity index (χ0n) is 14.5. The summed E-state index contributed by atoms with van der Waals surface area (Å²) in [6, 6.07) is 3.53. The molecule has 1 atom stereocenters. The van der Waals surface area contributed by atoms with Gasteiger partial charge in [-0.2, -0.15) is 0 Å². The van der Waals surface area contributed by atoms with Crippen molar-refractivity contribution in [3.63, 3.8) is 0 Å². The molecule has 128 valence electrons. The average Bonchev–Trinajstić information content (AvgIpc) is 2.50. The van der Waals surface area contributed by atoms with Crippen molar-refractivity contribution in [2.24, 2.45) is 5.73 Å². The van der Waals surface area contributed by atoms with Gasteiger partial charge in [0.15, 0.2) is 0 Å². The Hall–Kier alpha value is -1.95. The number of benzene rings is 1. The minimum atomic E-state index is -0.541. The second-order valence-corrected chi connectivity index (χ2v) is 6.58. The maximum absolute atomic E-state index is 12.5. The molecule has 2 rings (SSSR count). The topological polar surface area (TPSA) is 74.0 Å². The first-order chi connectivity index (χ1) is 10.8. The lowest BCUT2D eigenvalue weighted by Crippen LogP contribution is -2.45. The fraction of sp³-hybridized carbons (Fsp3) is 0.588. The van der Waals surface area contributed by atoms with E-state index in [-0.39, 0.29) is 12.1 Å². The Labute approximate surface area is 137 Å². The lowest BCUT2D eigenvalue weighted by Gasteiger charge is -2.38. The van der Waals surface area contributed by atoms with Crippen LogP contribution in [0.2, 0.25) is 0 Å². The molecule has 1 aliphatic rings. The van der Waals surface area contributed by atoms with Gasteiger partial charge in [0, 0.05) is 24.7 Å². The van der Waals surface area contributed by atoms with Crippen LogP contribution in [0.1, 0.15) is 37.9 Å². The van der Waals surface area contributed by atoms with Crippen LogP contribution in [-0.4, -0.2) is 43.9 Å². The van der Waals surface area contributed by atoms with E-state index in [1.54, 1.807) is 19.1 Å². The summed E-state index contributed by atoms with van der Waals surface area (Å²) in [5, 5.41) is 0. The Morgan fingerprint density at radius 2 is 2.00 bits per heavy atom. The molecule has 1 heterocycles. The van der Waals surface area contributed by atoms with Gasteiger partial charge in [0.2, 0.25) is 0 Å². The fourth-order valence-electron chi connectivity index (χ4n) is 2.86. The van der Waals surface area contributed by atoms with Crippen molar-refractivity contribution >= 4 is 6.09 Å². The van der Waals surface area contributed by atoms with Crippen molar-refractivity contribution in [2.45, 2.75) is 38.8 Å². The summed E-state index contributed by atoms with van der Waals surface area (Å²) in [4.78, 5) is 14.2. The van der Waals surface area contributed by atoms with Crippen LogP contribution in [0.25, 0.3) is 0 Å². The van der Waals surface area contributed by atoms with E-state index in [1.807, 2.05) is 32.9 Å². The molecule has 1 aromatic carbocycles. The minimum Gasteiger partial charge on any atom is -0.497 e. The van der Waals surface area contributed by atoms with Gasteiger partial charge in [-0.25, -0.2) is 4.79 Å². The molecule has 1 amide bonds. The Morgan fingerprint density at radius 1 is 1.30 bits per heavy atom. The standard InChI is InChI=1S/C17H26N2O4/c1-17(2,3)23-16(20)19-7-6-11-8-12(21-4)9-14(22-5)15(11)13(19)10-18/h8-9,13H,6-7,10,18H2,1-5H3. The highest BCUT2D eigenvalue weighted by Gasteiger charge is 2.35. The number of rotatable bonds is 3. The van der Waals surface area contributed by atoms with Crippen LogP contribution in [0.5, 0.6) is 11.5 Å². The first kappa shape index (κ1) is 17.4. The molecule has 0 saturated heterocycles. The van der Waals surface area contributed by atoms with Crippen LogP contribution in [0.3, 0.4) is 0 Å². The van der Waals surface area contributed by atoms with Crippen LogP contribution in [0.4, 0.5) is 4.79 Å². The van der Waals surface area contributed by atoms with E-state index >= 15 is 0 Å². The molecular formula is C17H26N2O4. The van der Waals surface area contributed by atoms with Gasteiger partial charge in [0.25, 0.3) is 0 Å². The third-order valence-electron chi connectivity index (χ3n) is 3.84. The van der Waals surface area contributed by atoms with Gasteiger partial charge >= 0.3 is 6.09 Å². The molecular weight excluding hydrogens is 296 g/mol. The number of hydrogen-bond acceptors (Lipinski definition) is 5. The highest BCUT2D eigenvalue weighted by Crippen LogP contribution is 2.39. The molecule has 6 nitrogen and oxygen atoms in total. The zero-order valence-corrected chi connectivity index (χ0v) is 14.5. The normalized spacial score (nSPS) is 17.5. The van der Waals surface area contributed by atoms with Crippen molar-refractivity contribution in [1.82, 2.24) is 4.90 Å². The Balaban J connectivity index is 2.39. The molecule has 0 spiro atoms. The molecule has 0 radical (unpaired) electrons. The Morgan fingerprint density at radius 3 is 2.52 bits per heavy atom. The highest BCUT2D eigenvalue weighted by atomic mass is 16.6. The number of nitrogens with two attached hydrogens (primary N) is 1. The van der Waals surface area contributed by atoms with Gasteiger partial charge in [-0.15, -0.1) is 0 Å². The van der Waals surface area contributed by atoms with E-state index < -0.39 is 5.60 Å². The third-order valence-corrected chi connectivity index (χ3v) is 3.84. The summed E-state index contributed by atoms with van der Waals surface area (Å²) in [7, 11) is 3.23. The lowest BCUT2D eigenvalue weighted by atomic mass is 9.91. The molecule has 0 fully saturated rings. The number of hydrogen-bond donors (Lipinski definition) is 1. The first-order valence-electron chi connectivity index (χ1n) is 7.75. The van der Waals surface area contributed by atoms with Crippen LogP contribution in [0.15, 0.2) is 12.1 Å². The Bertz CT molecular complexity index is 563. The van der Waals surface area contributed by atoms with Crippen molar-refractivity contribution in [2.75, 3.05) is 27.3 Å². The number of methoxy groups -OCH3 is 2. The SMILES string of the molecule is COc1cc2c(c(OC)c1)C(CN)N(C(=O)OC(C)(C)C)CC2. The number of nitrogens with zero attached hydrogens (tertiary/aromatic N) is 1. The van der Waals surface area contributed by atoms with Gasteiger partial charge in [-0.3, -0.25) is 4.90 Å². The zero-order chi connectivity index (χ0) is 17.2. The summed E-state index contributed by atoms with van der Waals surface area (Å²) in [5.41, 5.74) is 7.46. The van der Waals surface area contributed by atoms with Gasteiger partial charge in [0.1, 0.15) is 17.1 Å². The number of carbonyl (C=O) groups is 1. The highest BCUT2D eigenvalue weighted by molar-refractivity contribution is 5.70. The van der Waals surface area contributed by atoms with Crippen molar-refractivity contribution < 1.29 is 19.0 Å². The third kappa shape index (κ3) is 3.69. The molecule has 0 saturated carbocycles. The number of amides is 1. The molecule has 1 aromatic rings. The molecule has 0 aromatic heterocycles. The molecule has 1 unspecified atom stereocenters. The van der Waals surface area contributed by atoms with Gasteiger partial charge < -0.3 is 19.9 Å². The molecule has 1 aliphatic heterocycles. The summed E-state index contributed by atoms with van der Waals surface area (Å²) in [5.74, 6) is 1.42. The molecule has 0 aliphatic carbocycles. The van der Waals surface area contributed by atoms with Crippen LogP contribution < -0.4 is 15.2 Å². The molecule has 6 heteroatoms. The predicted octanol–water partition coefficient (Wildman–Crippen LogP) is 2.50. The predicted molar refractivity (Wildman–Crippen MR) is 88.0 cm³/mol. The maximum atomic E-state index is 12.5. The van der Waals surface area contributed by atoms with E-state index in [2.05, 4.69) is 0 Å². The monoisotopic (exact) mass is 322 g/mol. The molecule has 0 bridgehead atoms. The number of fused-ring (bicyclic) bond motifs is 1. The van der Waals surface area contributed by atoms with Crippen LogP contribution in [0, 0.1) is 0 Å². The van der Waals surface area contributed by atoms with Gasteiger partial charge in [0.05, 0.1) is 20.3 Å². The summed E-state index contributed by atoms with van der Waals surface area (Å²) in [6.45, 7) is 6.41. The second kappa shape index (κ2) is 6.66. The molecule has 2 N–H and O–H groups in total. The summed E-state index contributed by atoms with van der Waals surface area (Å²) in [6.07, 6.45) is 0.356.